The highest BCUT2D eigenvalue weighted by molar-refractivity contribution is 5.63. The molecular weight excluding hydrogens is 258 g/mol. The van der Waals surface area contributed by atoms with Gasteiger partial charge in [0.05, 0.1) is 5.69 Å². The molecule has 1 aromatic carbocycles. The minimum atomic E-state index is 0.934. The van der Waals surface area contributed by atoms with E-state index in [0.29, 0.717) is 0 Å². The molecule has 0 fully saturated rings. The number of benzene rings is 1. The van der Waals surface area contributed by atoms with Crippen LogP contribution in [0, 0.1) is 0 Å². The van der Waals surface area contributed by atoms with Crippen LogP contribution in [-0.4, -0.2) is 28.4 Å². The number of fused-ring (bicyclic) bond motifs is 1. The number of aryl methyl sites for hydroxylation is 1. The van der Waals surface area contributed by atoms with Crippen LogP contribution in [0.2, 0.25) is 0 Å². The summed E-state index contributed by atoms with van der Waals surface area (Å²) < 4.78 is 2.09. The van der Waals surface area contributed by atoms with Crippen molar-refractivity contribution < 1.29 is 0 Å². The van der Waals surface area contributed by atoms with Gasteiger partial charge in [0.15, 0.2) is 0 Å². The molecule has 3 rings (SSSR count). The zero-order valence-electron chi connectivity index (χ0n) is 12.9. The summed E-state index contributed by atoms with van der Waals surface area (Å²) in [5.74, 6) is 0. The molecule has 2 aromatic heterocycles. The smallest absolute Gasteiger partial charge is 0.137 e. The van der Waals surface area contributed by atoms with Gasteiger partial charge in [0.1, 0.15) is 5.65 Å². The summed E-state index contributed by atoms with van der Waals surface area (Å²) in [6.07, 6.45) is 5.25. The summed E-state index contributed by atoms with van der Waals surface area (Å²) >= 11 is 0. The van der Waals surface area contributed by atoms with Crippen molar-refractivity contribution in [1.29, 1.82) is 0 Å². The minimum absolute atomic E-state index is 0.934. The minimum Gasteiger partial charge on any atom is -0.306 e. The molecule has 3 aromatic rings. The normalized spacial score (nSPS) is 11.4. The predicted molar refractivity (Wildman–Crippen MR) is 87.4 cm³/mol. The standard InChI is InChI=1S/C18H21N3/c1-4-14-5-7-16(8-6-14)17-13-21-10-9-15(12-20(2)3)11-18(21)19-17/h5-11,13H,4,12H2,1-3H3. The molecule has 0 aliphatic carbocycles. The van der Waals surface area contributed by atoms with Crippen molar-refractivity contribution in [2.45, 2.75) is 19.9 Å². The Labute approximate surface area is 125 Å². The Hall–Kier alpha value is -2.13. The van der Waals surface area contributed by atoms with Gasteiger partial charge in [0.2, 0.25) is 0 Å². The average Bonchev–Trinajstić information content (AvgIpc) is 2.90. The summed E-state index contributed by atoms with van der Waals surface area (Å²) in [4.78, 5) is 6.92. The summed E-state index contributed by atoms with van der Waals surface area (Å²) in [6.45, 7) is 3.11. The zero-order chi connectivity index (χ0) is 14.8. The van der Waals surface area contributed by atoms with Crippen LogP contribution in [0.5, 0.6) is 0 Å². The quantitative estimate of drug-likeness (QED) is 0.727. The lowest BCUT2D eigenvalue weighted by molar-refractivity contribution is 0.402. The molecule has 0 atom stereocenters. The molecule has 0 N–H and O–H groups in total. The third kappa shape index (κ3) is 2.98. The molecule has 0 aliphatic heterocycles. The second kappa shape index (κ2) is 5.70. The fourth-order valence-corrected chi connectivity index (χ4v) is 2.54. The van der Waals surface area contributed by atoms with Gasteiger partial charge in [-0.25, -0.2) is 4.98 Å². The number of pyridine rings is 1. The third-order valence-corrected chi connectivity index (χ3v) is 3.68. The summed E-state index contributed by atoms with van der Waals surface area (Å²) in [5.41, 5.74) is 5.84. The van der Waals surface area contributed by atoms with Gasteiger partial charge in [-0.15, -0.1) is 0 Å². The van der Waals surface area contributed by atoms with Gasteiger partial charge >= 0.3 is 0 Å². The van der Waals surface area contributed by atoms with Crippen molar-refractivity contribution in [3.8, 4) is 11.3 Å². The van der Waals surface area contributed by atoms with E-state index in [1.54, 1.807) is 0 Å². The van der Waals surface area contributed by atoms with Crippen LogP contribution < -0.4 is 0 Å². The van der Waals surface area contributed by atoms with E-state index in [0.717, 1.165) is 24.3 Å². The van der Waals surface area contributed by atoms with Crippen molar-refractivity contribution in [1.82, 2.24) is 14.3 Å². The van der Waals surface area contributed by atoms with E-state index in [4.69, 9.17) is 4.98 Å². The summed E-state index contributed by atoms with van der Waals surface area (Å²) in [6, 6.07) is 13.0. The number of aromatic nitrogens is 2. The molecule has 0 bridgehead atoms. The maximum atomic E-state index is 4.75. The summed E-state index contributed by atoms with van der Waals surface area (Å²) in [7, 11) is 4.16. The van der Waals surface area contributed by atoms with Crippen molar-refractivity contribution >= 4 is 5.65 Å². The topological polar surface area (TPSA) is 20.5 Å². The number of nitrogens with zero attached hydrogens (tertiary/aromatic N) is 3. The summed E-state index contributed by atoms with van der Waals surface area (Å²) in [5, 5.41) is 0. The molecular formula is C18H21N3. The SMILES string of the molecule is CCc1ccc(-c2cn3ccc(CN(C)C)cc3n2)cc1. The fourth-order valence-electron chi connectivity index (χ4n) is 2.54. The van der Waals surface area contributed by atoms with Crippen molar-refractivity contribution in [2.75, 3.05) is 14.1 Å². The predicted octanol–water partition coefficient (Wildman–Crippen LogP) is 3.63. The van der Waals surface area contributed by atoms with Crippen LogP contribution in [-0.2, 0) is 13.0 Å². The number of hydrogen-bond acceptors (Lipinski definition) is 2. The van der Waals surface area contributed by atoms with Crippen molar-refractivity contribution in [2.24, 2.45) is 0 Å². The maximum Gasteiger partial charge on any atom is 0.137 e. The molecule has 0 spiro atoms. The largest absolute Gasteiger partial charge is 0.306 e. The lowest BCUT2D eigenvalue weighted by atomic mass is 10.1. The second-order valence-electron chi connectivity index (χ2n) is 5.71. The zero-order valence-corrected chi connectivity index (χ0v) is 12.9. The molecule has 0 aliphatic rings. The number of imidazole rings is 1. The first-order valence-corrected chi connectivity index (χ1v) is 7.37. The lowest BCUT2D eigenvalue weighted by Gasteiger charge is -2.09. The Kier molecular flexibility index (Phi) is 3.76. The van der Waals surface area contributed by atoms with E-state index in [-0.39, 0.29) is 0 Å². The molecule has 0 amide bonds. The monoisotopic (exact) mass is 279 g/mol. The molecule has 2 heterocycles. The van der Waals surface area contributed by atoms with Crippen LogP contribution in [0.4, 0.5) is 0 Å². The molecule has 0 saturated carbocycles. The van der Waals surface area contributed by atoms with Gasteiger partial charge in [-0.3, -0.25) is 0 Å². The highest BCUT2D eigenvalue weighted by atomic mass is 15.1. The highest BCUT2D eigenvalue weighted by Crippen LogP contribution is 2.20. The maximum absolute atomic E-state index is 4.75. The number of rotatable bonds is 4. The Morgan fingerprint density at radius 2 is 1.81 bits per heavy atom. The van der Waals surface area contributed by atoms with Gasteiger partial charge < -0.3 is 9.30 Å². The van der Waals surface area contributed by atoms with Crippen LogP contribution in [0.25, 0.3) is 16.9 Å². The van der Waals surface area contributed by atoms with Gasteiger partial charge in [-0.2, -0.15) is 0 Å². The lowest BCUT2D eigenvalue weighted by Crippen LogP contribution is -2.10. The Bertz CT molecular complexity index is 739. The van der Waals surface area contributed by atoms with Crippen LogP contribution in [0.3, 0.4) is 0 Å². The van der Waals surface area contributed by atoms with Crippen LogP contribution >= 0.6 is 0 Å². The molecule has 3 heteroatoms. The van der Waals surface area contributed by atoms with Gasteiger partial charge in [0.25, 0.3) is 0 Å². The van der Waals surface area contributed by atoms with E-state index < -0.39 is 0 Å². The van der Waals surface area contributed by atoms with Crippen LogP contribution in [0.1, 0.15) is 18.1 Å². The molecule has 0 saturated heterocycles. The number of hydrogen-bond donors (Lipinski definition) is 0. The first-order valence-electron chi connectivity index (χ1n) is 7.37. The van der Waals surface area contributed by atoms with Crippen LogP contribution in [0.15, 0.2) is 48.8 Å². The first kappa shape index (κ1) is 13.8. The Balaban J connectivity index is 1.95. The fraction of sp³-hybridized carbons (Fsp3) is 0.278. The van der Waals surface area contributed by atoms with Gasteiger partial charge in [0, 0.05) is 24.5 Å². The Morgan fingerprint density at radius 1 is 1.05 bits per heavy atom. The second-order valence-corrected chi connectivity index (χ2v) is 5.71. The Morgan fingerprint density at radius 3 is 2.48 bits per heavy atom. The van der Waals surface area contributed by atoms with E-state index in [9.17, 15) is 0 Å². The van der Waals surface area contributed by atoms with Gasteiger partial charge in [-0.05, 0) is 43.8 Å². The molecule has 108 valence electrons. The molecule has 3 nitrogen and oxygen atoms in total. The molecule has 21 heavy (non-hydrogen) atoms. The molecule has 0 radical (unpaired) electrons. The van der Waals surface area contributed by atoms with Crippen molar-refractivity contribution in [3.05, 3.63) is 59.9 Å². The first-order chi connectivity index (χ1) is 10.2. The van der Waals surface area contributed by atoms with Gasteiger partial charge in [-0.1, -0.05) is 31.2 Å². The van der Waals surface area contributed by atoms with Crippen molar-refractivity contribution in [3.63, 3.8) is 0 Å². The van der Waals surface area contributed by atoms with E-state index in [1.165, 1.54) is 16.7 Å². The highest BCUT2D eigenvalue weighted by Gasteiger charge is 2.05. The van der Waals surface area contributed by atoms with E-state index >= 15 is 0 Å². The third-order valence-electron chi connectivity index (χ3n) is 3.68. The molecule has 0 unspecified atom stereocenters. The average molecular weight is 279 g/mol. The van der Waals surface area contributed by atoms with E-state index in [1.807, 2.05) is 0 Å². The van der Waals surface area contributed by atoms with E-state index in [2.05, 4.69) is 79.1 Å².